The predicted octanol–water partition coefficient (Wildman–Crippen LogP) is 4.03. The molecule has 0 spiro atoms. The number of nitrogens with one attached hydrogen (secondary N) is 1. The van der Waals surface area contributed by atoms with Crippen molar-refractivity contribution < 1.29 is 0 Å². The molecule has 0 amide bonds. The van der Waals surface area contributed by atoms with E-state index >= 15 is 0 Å². The van der Waals surface area contributed by atoms with Gasteiger partial charge in [-0.25, -0.2) is 0 Å². The average molecular weight is 274 g/mol. The van der Waals surface area contributed by atoms with Gasteiger partial charge in [0.25, 0.3) is 0 Å². The molecule has 0 bridgehead atoms. The lowest BCUT2D eigenvalue weighted by molar-refractivity contribution is 0.174. The molecule has 1 unspecified atom stereocenters. The summed E-state index contributed by atoms with van der Waals surface area (Å²) in [6, 6.07) is 11.1. The van der Waals surface area contributed by atoms with Crippen LogP contribution in [-0.4, -0.2) is 12.1 Å². The summed E-state index contributed by atoms with van der Waals surface area (Å²) in [6.45, 7) is 5.30. The third-order valence-electron chi connectivity index (χ3n) is 4.97. The minimum Gasteiger partial charge on any atom is -0.329 e. The molecule has 2 nitrogen and oxygen atoms in total. The molecule has 20 heavy (non-hydrogen) atoms. The largest absolute Gasteiger partial charge is 0.329 e. The van der Waals surface area contributed by atoms with Crippen molar-refractivity contribution in [1.29, 1.82) is 0 Å². The smallest absolute Gasteiger partial charge is 0.0309 e. The van der Waals surface area contributed by atoms with E-state index in [0.717, 1.165) is 12.5 Å². The van der Waals surface area contributed by atoms with Crippen molar-refractivity contribution in [2.75, 3.05) is 6.54 Å². The molecule has 1 atom stereocenters. The zero-order valence-corrected chi connectivity index (χ0v) is 13.1. The summed E-state index contributed by atoms with van der Waals surface area (Å²) >= 11 is 0. The lowest BCUT2D eigenvalue weighted by Gasteiger charge is -2.42. The lowest BCUT2D eigenvalue weighted by atomic mass is 9.74. The van der Waals surface area contributed by atoms with Crippen LogP contribution in [0.4, 0.5) is 0 Å². The summed E-state index contributed by atoms with van der Waals surface area (Å²) < 4.78 is 0. The average Bonchev–Trinajstić information content (AvgIpc) is 2.50. The van der Waals surface area contributed by atoms with Crippen LogP contribution >= 0.6 is 0 Å². The van der Waals surface area contributed by atoms with Gasteiger partial charge in [0.15, 0.2) is 0 Å². The van der Waals surface area contributed by atoms with Gasteiger partial charge in [0, 0.05) is 18.1 Å². The Labute approximate surface area is 124 Å². The molecule has 1 saturated carbocycles. The third-order valence-corrected chi connectivity index (χ3v) is 4.97. The molecule has 1 fully saturated rings. The van der Waals surface area contributed by atoms with E-state index in [1.165, 1.54) is 44.1 Å². The van der Waals surface area contributed by atoms with Crippen molar-refractivity contribution >= 4 is 0 Å². The molecule has 1 aliphatic rings. The number of benzene rings is 1. The van der Waals surface area contributed by atoms with Gasteiger partial charge in [-0.15, -0.1) is 0 Å². The topological polar surface area (TPSA) is 38.0 Å². The van der Waals surface area contributed by atoms with Gasteiger partial charge in [-0.1, -0.05) is 50.1 Å². The molecule has 1 aromatic rings. The van der Waals surface area contributed by atoms with Crippen molar-refractivity contribution in [2.24, 2.45) is 11.7 Å². The van der Waals surface area contributed by atoms with Gasteiger partial charge in [0.2, 0.25) is 0 Å². The Balaban J connectivity index is 1.95. The molecule has 0 radical (unpaired) electrons. The van der Waals surface area contributed by atoms with E-state index in [-0.39, 0.29) is 5.54 Å². The second-order valence-corrected chi connectivity index (χ2v) is 6.49. The number of hydrogen-bond acceptors (Lipinski definition) is 2. The highest BCUT2D eigenvalue weighted by molar-refractivity contribution is 5.19. The first-order valence-electron chi connectivity index (χ1n) is 8.22. The SMILES string of the molecule is CCCC1CCC(CN)(NC(C)c2ccccc2)CC1. The summed E-state index contributed by atoms with van der Waals surface area (Å²) in [5, 5.41) is 3.84. The fourth-order valence-corrected chi connectivity index (χ4v) is 3.62. The van der Waals surface area contributed by atoms with Crippen LogP contribution in [0, 0.1) is 5.92 Å². The molecule has 0 aromatic heterocycles. The maximum atomic E-state index is 6.12. The van der Waals surface area contributed by atoms with Crippen LogP contribution < -0.4 is 11.1 Å². The molecule has 0 heterocycles. The molecule has 3 N–H and O–H groups in total. The zero-order valence-electron chi connectivity index (χ0n) is 13.1. The van der Waals surface area contributed by atoms with Gasteiger partial charge in [0.05, 0.1) is 0 Å². The Morgan fingerprint density at radius 3 is 2.45 bits per heavy atom. The van der Waals surface area contributed by atoms with Gasteiger partial charge in [-0.2, -0.15) is 0 Å². The van der Waals surface area contributed by atoms with E-state index in [2.05, 4.69) is 49.5 Å². The molecule has 2 heteroatoms. The Bertz CT molecular complexity index is 380. The normalized spacial score (nSPS) is 28.2. The first-order valence-corrected chi connectivity index (χ1v) is 8.22. The molecule has 1 aromatic carbocycles. The van der Waals surface area contributed by atoms with E-state index in [0.29, 0.717) is 6.04 Å². The summed E-state index contributed by atoms with van der Waals surface area (Å²) in [4.78, 5) is 0. The fourth-order valence-electron chi connectivity index (χ4n) is 3.62. The monoisotopic (exact) mass is 274 g/mol. The Morgan fingerprint density at radius 2 is 1.90 bits per heavy atom. The van der Waals surface area contributed by atoms with Crippen molar-refractivity contribution in [1.82, 2.24) is 5.32 Å². The Hall–Kier alpha value is -0.860. The molecular weight excluding hydrogens is 244 g/mol. The van der Waals surface area contributed by atoms with E-state index in [1.807, 2.05) is 0 Å². The van der Waals surface area contributed by atoms with Crippen LogP contribution in [0.5, 0.6) is 0 Å². The third kappa shape index (κ3) is 3.83. The van der Waals surface area contributed by atoms with Crippen LogP contribution in [0.2, 0.25) is 0 Å². The lowest BCUT2D eigenvalue weighted by Crippen LogP contribution is -2.54. The summed E-state index contributed by atoms with van der Waals surface area (Å²) in [5.74, 6) is 0.925. The molecule has 2 rings (SSSR count). The minimum atomic E-state index is 0.152. The highest BCUT2D eigenvalue weighted by Crippen LogP contribution is 2.35. The predicted molar refractivity (Wildman–Crippen MR) is 86.6 cm³/mol. The first-order chi connectivity index (χ1) is 9.69. The molecule has 112 valence electrons. The van der Waals surface area contributed by atoms with E-state index in [9.17, 15) is 0 Å². The van der Waals surface area contributed by atoms with Crippen LogP contribution in [0.1, 0.15) is 64.0 Å². The molecule has 0 aliphatic heterocycles. The highest BCUT2D eigenvalue weighted by Gasteiger charge is 2.34. The van der Waals surface area contributed by atoms with Crippen molar-refractivity contribution in [2.45, 2.75) is 64.0 Å². The van der Waals surface area contributed by atoms with Crippen LogP contribution in [-0.2, 0) is 0 Å². The molecule has 1 aliphatic carbocycles. The Kier molecular flexibility index (Phi) is 5.62. The summed E-state index contributed by atoms with van der Waals surface area (Å²) in [6.07, 6.45) is 7.82. The van der Waals surface area contributed by atoms with Gasteiger partial charge >= 0.3 is 0 Å². The first kappa shape index (κ1) is 15.5. The van der Waals surface area contributed by atoms with Gasteiger partial charge in [-0.05, 0) is 44.1 Å². The zero-order chi connectivity index (χ0) is 14.4. The van der Waals surface area contributed by atoms with Crippen molar-refractivity contribution in [3.63, 3.8) is 0 Å². The van der Waals surface area contributed by atoms with Crippen molar-refractivity contribution in [3.05, 3.63) is 35.9 Å². The highest BCUT2D eigenvalue weighted by atomic mass is 15.0. The second-order valence-electron chi connectivity index (χ2n) is 6.49. The maximum Gasteiger partial charge on any atom is 0.0309 e. The number of hydrogen-bond donors (Lipinski definition) is 2. The second kappa shape index (κ2) is 7.24. The standard InChI is InChI=1S/C18H30N2/c1-3-7-16-10-12-18(14-19,13-11-16)20-15(2)17-8-5-4-6-9-17/h4-6,8-9,15-16,20H,3,7,10-14,19H2,1-2H3. The quantitative estimate of drug-likeness (QED) is 0.822. The summed E-state index contributed by atoms with van der Waals surface area (Å²) in [7, 11) is 0. The summed E-state index contributed by atoms with van der Waals surface area (Å²) in [5.41, 5.74) is 7.63. The molecule has 0 saturated heterocycles. The van der Waals surface area contributed by atoms with E-state index in [4.69, 9.17) is 5.73 Å². The van der Waals surface area contributed by atoms with Gasteiger partial charge < -0.3 is 11.1 Å². The fraction of sp³-hybridized carbons (Fsp3) is 0.667. The Morgan fingerprint density at radius 1 is 1.25 bits per heavy atom. The number of nitrogens with two attached hydrogens (primary N) is 1. The number of rotatable bonds is 6. The minimum absolute atomic E-state index is 0.152. The van der Waals surface area contributed by atoms with Gasteiger partial charge in [-0.3, -0.25) is 0 Å². The van der Waals surface area contributed by atoms with Crippen molar-refractivity contribution in [3.8, 4) is 0 Å². The van der Waals surface area contributed by atoms with Crippen LogP contribution in [0.15, 0.2) is 30.3 Å². The molecular formula is C18H30N2. The van der Waals surface area contributed by atoms with E-state index in [1.54, 1.807) is 0 Å². The maximum absolute atomic E-state index is 6.12. The van der Waals surface area contributed by atoms with Gasteiger partial charge in [0.1, 0.15) is 0 Å². The van der Waals surface area contributed by atoms with Crippen LogP contribution in [0.25, 0.3) is 0 Å². The van der Waals surface area contributed by atoms with E-state index < -0.39 is 0 Å². The van der Waals surface area contributed by atoms with Crippen LogP contribution in [0.3, 0.4) is 0 Å².